The van der Waals surface area contributed by atoms with Gasteiger partial charge in [0.1, 0.15) is 0 Å². The van der Waals surface area contributed by atoms with Gasteiger partial charge in [0, 0.05) is 13.1 Å². The summed E-state index contributed by atoms with van der Waals surface area (Å²) in [7, 11) is 0. The average molecular weight is 321 g/mol. The van der Waals surface area contributed by atoms with Crippen LogP contribution in [0.5, 0.6) is 0 Å². The Morgan fingerprint density at radius 3 is 2.00 bits per heavy atom. The van der Waals surface area contributed by atoms with Crippen LogP contribution < -0.4 is 0 Å². The number of hydrogen-bond acceptors (Lipinski definition) is 2. The maximum Gasteiger partial charge on any atom is 0.236 e. The molecule has 0 bridgehead atoms. The maximum absolute atomic E-state index is 12.2. The van der Waals surface area contributed by atoms with Gasteiger partial charge in [-0.05, 0) is 38.9 Å². The second kappa shape index (κ2) is 9.79. The Balaban J connectivity index is 4.15. The van der Waals surface area contributed by atoms with Gasteiger partial charge in [0.15, 0.2) is 0 Å². The smallest absolute Gasteiger partial charge is 0.236 e. The Labute approximate surface area is 121 Å². The molecule has 0 spiro atoms. The highest BCUT2D eigenvalue weighted by Gasteiger charge is 2.23. The lowest BCUT2D eigenvalue weighted by atomic mass is 10.1. The first kappa shape index (κ1) is 17.9. The van der Waals surface area contributed by atoms with Gasteiger partial charge in [0.05, 0.1) is 4.83 Å². The Hall–Kier alpha value is -0.0900. The molecule has 0 rings (SSSR count). The van der Waals surface area contributed by atoms with E-state index in [2.05, 4.69) is 55.4 Å². The molecule has 0 saturated heterocycles. The van der Waals surface area contributed by atoms with Crippen LogP contribution in [0.3, 0.4) is 0 Å². The lowest BCUT2D eigenvalue weighted by Gasteiger charge is -2.26. The Morgan fingerprint density at radius 1 is 1.06 bits per heavy atom. The van der Waals surface area contributed by atoms with Gasteiger partial charge < -0.3 is 9.80 Å². The fraction of sp³-hybridized carbons (Fsp3) is 0.929. The molecule has 0 aromatic carbocycles. The molecule has 108 valence electrons. The summed E-state index contributed by atoms with van der Waals surface area (Å²) in [5.41, 5.74) is 0. The summed E-state index contributed by atoms with van der Waals surface area (Å²) < 4.78 is 0. The molecule has 1 unspecified atom stereocenters. The molecule has 0 fully saturated rings. The van der Waals surface area contributed by atoms with Gasteiger partial charge in [0.2, 0.25) is 5.91 Å². The third-order valence-electron chi connectivity index (χ3n) is 3.31. The normalized spacial score (nSPS) is 13.1. The molecule has 0 heterocycles. The first-order valence-electron chi connectivity index (χ1n) is 7.13. The van der Waals surface area contributed by atoms with Crippen molar-refractivity contribution in [3.8, 4) is 0 Å². The van der Waals surface area contributed by atoms with Gasteiger partial charge in [-0.2, -0.15) is 0 Å². The number of amides is 1. The van der Waals surface area contributed by atoms with E-state index in [-0.39, 0.29) is 10.7 Å². The van der Waals surface area contributed by atoms with E-state index in [0.717, 1.165) is 39.1 Å². The lowest BCUT2D eigenvalue weighted by molar-refractivity contribution is -0.131. The predicted molar refractivity (Wildman–Crippen MR) is 82.2 cm³/mol. The van der Waals surface area contributed by atoms with E-state index >= 15 is 0 Å². The number of alkyl halides is 1. The minimum atomic E-state index is -0.0501. The zero-order valence-electron chi connectivity index (χ0n) is 12.6. The third-order valence-corrected chi connectivity index (χ3v) is 4.76. The highest BCUT2D eigenvalue weighted by molar-refractivity contribution is 9.10. The quantitative estimate of drug-likeness (QED) is 0.610. The zero-order chi connectivity index (χ0) is 14.1. The minimum Gasteiger partial charge on any atom is -0.342 e. The van der Waals surface area contributed by atoms with Crippen LogP contribution in [0.15, 0.2) is 0 Å². The Kier molecular flexibility index (Phi) is 9.74. The van der Waals surface area contributed by atoms with Crippen LogP contribution >= 0.6 is 15.9 Å². The first-order chi connectivity index (χ1) is 8.47. The van der Waals surface area contributed by atoms with Gasteiger partial charge >= 0.3 is 0 Å². The predicted octanol–water partition coefficient (Wildman–Crippen LogP) is 2.99. The topological polar surface area (TPSA) is 23.6 Å². The number of nitrogens with zero attached hydrogens (tertiary/aromatic N) is 2. The van der Waals surface area contributed by atoms with E-state index in [1.807, 2.05) is 4.90 Å². The van der Waals surface area contributed by atoms with E-state index in [9.17, 15) is 4.79 Å². The van der Waals surface area contributed by atoms with Gasteiger partial charge in [-0.1, -0.05) is 43.6 Å². The molecular formula is C14H29BrN2O. The summed E-state index contributed by atoms with van der Waals surface area (Å²) in [6.07, 6.45) is 1.05. The van der Waals surface area contributed by atoms with Gasteiger partial charge in [-0.25, -0.2) is 0 Å². The molecule has 0 aromatic heterocycles. The molecule has 0 aliphatic heterocycles. The van der Waals surface area contributed by atoms with Crippen molar-refractivity contribution < 1.29 is 4.79 Å². The number of rotatable bonds is 9. The summed E-state index contributed by atoms with van der Waals surface area (Å²) in [4.78, 5) is 16.5. The molecule has 0 aliphatic rings. The minimum absolute atomic E-state index is 0.0501. The van der Waals surface area contributed by atoms with Crippen LogP contribution in [-0.2, 0) is 4.79 Å². The van der Waals surface area contributed by atoms with Gasteiger partial charge in [-0.3, -0.25) is 4.79 Å². The molecule has 0 saturated carbocycles. The summed E-state index contributed by atoms with van der Waals surface area (Å²) in [6, 6.07) is 0. The van der Waals surface area contributed by atoms with Crippen molar-refractivity contribution in [2.45, 2.75) is 45.9 Å². The van der Waals surface area contributed by atoms with Crippen molar-refractivity contribution in [1.29, 1.82) is 0 Å². The first-order valence-corrected chi connectivity index (χ1v) is 8.04. The zero-order valence-corrected chi connectivity index (χ0v) is 14.2. The van der Waals surface area contributed by atoms with Crippen LogP contribution in [0.25, 0.3) is 0 Å². The number of hydrogen-bond donors (Lipinski definition) is 0. The number of halogens is 1. The average Bonchev–Trinajstić information content (AvgIpc) is 2.37. The van der Waals surface area contributed by atoms with Crippen LogP contribution in [0.2, 0.25) is 0 Å². The van der Waals surface area contributed by atoms with Gasteiger partial charge in [-0.15, -0.1) is 0 Å². The second-order valence-electron chi connectivity index (χ2n) is 4.94. The van der Waals surface area contributed by atoms with Crippen LogP contribution in [0.1, 0.15) is 41.0 Å². The SMILES string of the molecule is CCN(CC)CCCN(CC)C(=O)C(Br)C(C)C. The van der Waals surface area contributed by atoms with E-state index in [1.165, 1.54) is 0 Å². The summed E-state index contributed by atoms with van der Waals surface area (Å²) in [5.74, 6) is 0.571. The largest absolute Gasteiger partial charge is 0.342 e. The summed E-state index contributed by atoms with van der Waals surface area (Å²) in [6.45, 7) is 15.5. The van der Waals surface area contributed by atoms with E-state index in [1.54, 1.807) is 0 Å². The Bertz CT molecular complexity index is 230. The van der Waals surface area contributed by atoms with E-state index in [4.69, 9.17) is 0 Å². The lowest BCUT2D eigenvalue weighted by Crippen LogP contribution is -2.40. The summed E-state index contributed by atoms with van der Waals surface area (Å²) in [5, 5.41) is 0. The fourth-order valence-corrected chi connectivity index (χ4v) is 2.20. The highest BCUT2D eigenvalue weighted by atomic mass is 79.9. The number of carbonyl (C=O) groups is 1. The third kappa shape index (κ3) is 6.19. The molecule has 3 nitrogen and oxygen atoms in total. The van der Waals surface area contributed by atoms with Crippen molar-refractivity contribution in [2.75, 3.05) is 32.7 Å². The van der Waals surface area contributed by atoms with Crippen LogP contribution in [0.4, 0.5) is 0 Å². The molecular weight excluding hydrogens is 292 g/mol. The van der Waals surface area contributed by atoms with Crippen molar-refractivity contribution >= 4 is 21.8 Å². The maximum atomic E-state index is 12.2. The van der Waals surface area contributed by atoms with Crippen LogP contribution in [-0.4, -0.2) is 53.3 Å². The molecule has 0 radical (unpaired) electrons. The number of carbonyl (C=O) groups excluding carboxylic acids is 1. The second-order valence-corrected chi connectivity index (χ2v) is 5.93. The molecule has 1 atom stereocenters. The summed E-state index contributed by atoms with van der Waals surface area (Å²) >= 11 is 3.50. The van der Waals surface area contributed by atoms with Crippen molar-refractivity contribution in [2.24, 2.45) is 5.92 Å². The molecule has 1 amide bonds. The van der Waals surface area contributed by atoms with Crippen molar-refractivity contribution in [1.82, 2.24) is 9.80 Å². The Morgan fingerprint density at radius 2 is 1.61 bits per heavy atom. The highest BCUT2D eigenvalue weighted by Crippen LogP contribution is 2.15. The van der Waals surface area contributed by atoms with Crippen LogP contribution in [0, 0.1) is 5.92 Å². The molecule has 0 N–H and O–H groups in total. The van der Waals surface area contributed by atoms with E-state index in [0.29, 0.717) is 5.92 Å². The van der Waals surface area contributed by atoms with Crippen molar-refractivity contribution in [3.05, 3.63) is 0 Å². The van der Waals surface area contributed by atoms with E-state index < -0.39 is 0 Å². The standard InChI is InChI=1S/C14H29BrN2O/c1-6-16(7-2)10-9-11-17(8-3)14(18)13(15)12(4)5/h12-13H,6-11H2,1-5H3. The molecule has 4 heteroatoms. The molecule has 0 aromatic rings. The van der Waals surface area contributed by atoms with Crippen molar-refractivity contribution in [3.63, 3.8) is 0 Å². The monoisotopic (exact) mass is 320 g/mol. The molecule has 18 heavy (non-hydrogen) atoms. The van der Waals surface area contributed by atoms with Gasteiger partial charge in [0.25, 0.3) is 0 Å². The fourth-order valence-electron chi connectivity index (χ4n) is 1.91. The molecule has 0 aliphatic carbocycles.